The monoisotopic (exact) mass is 270 g/mol. The van der Waals surface area contributed by atoms with Crippen LogP contribution in [0.15, 0.2) is 12.5 Å². The van der Waals surface area contributed by atoms with Gasteiger partial charge in [0.1, 0.15) is 0 Å². The fourth-order valence-corrected chi connectivity index (χ4v) is 3.54. The van der Waals surface area contributed by atoms with Crippen molar-refractivity contribution in [1.29, 1.82) is 0 Å². The van der Waals surface area contributed by atoms with E-state index in [2.05, 4.69) is 4.98 Å². The first-order valence-electron chi connectivity index (χ1n) is 4.19. The van der Waals surface area contributed by atoms with E-state index >= 15 is 0 Å². The van der Waals surface area contributed by atoms with Gasteiger partial charge in [-0.05, 0) is 6.92 Å². The molecule has 0 aliphatic carbocycles. The van der Waals surface area contributed by atoms with Gasteiger partial charge in [0.2, 0.25) is 0 Å². The number of imidazole rings is 1. The summed E-state index contributed by atoms with van der Waals surface area (Å²) in [6, 6.07) is 0. The quantitative estimate of drug-likeness (QED) is 0.560. The molecule has 0 spiro atoms. The lowest BCUT2D eigenvalue weighted by molar-refractivity contribution is 0.332. The Labute approximate surface area is 91.3 Å². The first-order chi connectivity index (χ1) is 7.10. The molecule has 0 aliphatic heterocycles. The summed E-state index contributed by atoms with van der Waals surface area (Å²) < 4.78 is 23.1. The second-order valence-corrected chi connectivity index (χ2v) is 7.38. The van der Waals surface area contributed by atoms with Crippen LogP contribution in [-0.4, -0.2) is 34.5 Å². The predicted octanol–water partition coefficient (Wildman–Crippen LogP) is -0.127. The molecule has 0 saturated carbocycles. The third-order valence-corrected chi connectivity index (χ3v) is 5.60. The smallest absolute Gasteiger partial charge is 0.336 e. The van der Waals surface area contributed by atoms with Gasteiger partial charge < -0.3 is 24.1 Å². The maximum atomic E-state index is 11.0. The molecule has 0 amide bonds. The molecular formula is C6H12N2O6P2. The topological polar surface area (TPSA) is 133 Å². The van der Waals surface area contributed by atoms with Crippen molar-refractivity contribution < 1.29 is 28.7 Å². The average Bonchev–Trinajstić information content (AvgIpc) is 2.43. The van der Waals surface area contributed by atoms with Crippen LogP contribution in [0, 0.1) is 6.92 Å². The van der Waals surface area contributed by atoms with Crippen LogP contribution in [-0.2, 0) is 15.7 Å². The van der Waals surface area contributed by atoms with E-state index in [0.717, 1.165) is 0 Å². The summed E-state index contributed by atoms with van der Waals surface area (Å²) in [7, 11) is -9.73. The van der Waals surface area contributed by atoms with Crippen molar-refractivity contribution in [3.63, 3.8) is 0 Å². The number of hydrogen-bond acceptors (Lipinski definition) is 3. The summed E-state index contributed by atoms with van der Waals surface area (Å²) in [5.74, 6) is 0. The second-order valence-electron chi connectivity index (χ2n) is 3.37. The molecule has 0 saturated heterocycles. The maximum Gasteiger partial charge on any atom is 0.342 e. The zero-order chi connectivity index (χ0) is 12.6. The number of hydrogen-bond donors (Lipinski definition) is 4. The van der Waals surface area contributed by atoms with Crippen molar-refractivity contribution in [1.82, 2.24) is 9.55 Å². The van der Waals surface area contributed by atoms with E-state index in [1.807, 2.05) is 0 Å². The van der Waals surface area contributed by atoms with Gasteiger partial charge in [0.05, 0.1) is 12.0 Å². The third-order valence-electron chi connectivity index (χ3n) is 1.91. The first kappa shape index (κ1) is 13.6. The van der Waals surface area contributed by atoms with Crippen LogP contribution in [0.3, 0.4) is 0 Å². The zero-order valence-corrected chi connectivity index (χ0v) is 10.1. The Hall–Kier alpha value is -0.490. The van der Waals surface area contributed by atoms with Crippen molar-refractivity contribution in [2.75, 3.05) is 0 Å². The standard InChI is InChI=1S/C6H12N2O6P2/c1-5-2-8(4-7-5)3-6(15(9,10)11)16(12,13)14/h2,4,6H,3H2,1H3,(H2,9,10,11)(H2,12,13,14). The molecule has 4 N–H and O–H groups in total. The van der Waals surface area contributed by atoms with E-state index in [1.54, 1.807) is 6.92 Å². The van der Waals surface area contributed by atoms with Gasteiger partial charge in [0.25, 0.3) is 0 Å². The van der Waals surface area contributed by atoms with Gasteiger partial charge in [-0.2, -0.15) is 0 Å². The van der Waals surface area contributed by atoms with Crippen LogP contribution in [0.25, 0.3) is 0 Å². The van der Waals surface area contributed by atoms with E-state index in [0.29, 0.717) is 5.69 Å². The van der Waals surface area contributed by atoms with Gasteiger partial charge in [-0.3, -0.25) is 9.13 Å². The largest absolute Gasteiger partial charge is 0.342 e. The second kappa shape index (κ2) is 4.41. The van der Waals surface area contributed by atoms with Gasteiger partial charge in [0, 0.05) is 12.7 Å². The lowest BCUT2D eigenvalue weighted by Crippen LogP contribution is -2.16. The van der Waals surface area contributed by atoms with Gasteiger partial charge in [-0.15, -0.1) is 0 Å². The van der Waals surface area contributed by atoms with Gasteiger partial charge in [0.15, 0.2) is 5.40 Å². The highest BCUT2D eigenvalue weighted by molar-refractivity contribution is 7.70. The minimum Gasteiger partial charge on any atom is -0.336 e. The van der Waals surface area contributed by atoms with E-state index in [-0.39, 0.29) is 0 Å². The molecule has 1 heterocycles. The summed E-state index contributed by atoms with van der Waals surface area (Å²) in [6.07, 6.45) is 2.70. The van der Waals surface area contributed by atoms with Gasteiger partial charge >= 0.3 is 15.2 Å². The third kappa shape index (κ3) is 3.52. The maximum absolute atomic E-state index is 11.0. The molecule has 1 aromatic heterocycles. The van der Waals surface area contributed by atoms with Crippen molar-refractivity contribution in [2.45, 2.75) is 18.9 Å². The molecule has 0 unspecified atom stereocenters. The predicted molar refractivity (Wildman–Crippen MR) is 54.8 cm³/mol. The molecule has 0 aliphatic rings. The van der Waals surface area contributed by atoms with Crippen molar-refractivity contribution >= 4 is 15.2 Å². The number of nitrogens with zero attached hydrogens (tertiary/aromatic N) is 2. The Morgan fingerprint density at radius 1 is 1.31 bits per heavy atom. The molecule has 10 heteroatoms. The van der Waals surface area contributed by atoms with Crippen LogP contribution in [0.5, 0.6) is 0 Å². The first-order valence-corrected chi connectivity index (χ1v) is 7.56. The minimum atomic E-state index is -4.87. The molecule has 0 fully saturated rings. The summed E-state index contributed by atoms with van der Waals surface area (Å²) in [4.78, 5) is 39.3. The van der Waals surface area contributed by atoms with Crippen LogP contribution in [0.4, 0.5) is 0 Å². The number of rotatable bonds is 4. The SMILES string of the molecule is Cc1cn(CC(P(=O)(O)O)P(=O)(O)O)cn1. The Morgan fingerprint density at radius 2 is 1.81 bits per heavy atom. The highest BCUT2D eigenvalue weighted by Crippen LogP contribution is 2.60. The van der Waals surface area contributed by atoms with Crippen LogP contribution in [0.2, 0.25) is 0 Å². The Bertz CT molecular complexity index is 437. The zero-order valence-electron chi connectivity index (χ0n) is 8.33. The van der Waals surface area contributed by atoms with Crippen molar-refractivity contribution in [2.24, 2.45) is 0 Å². The van der Waals surface area contributed by atoms with Crippen molar-refractivity contribution in [3.05, 3.63) is 18.2 Å². The number of aromatic nitrogens is 2. The van der Waals surface area contributed by atoms with Crippen LogP contribution < -0.4 is 0 Å². The molecule has 1 rings (SSSR count). The molecule has 16 heavy (non-hydrogen) atoms. The molecule has 8 nitrogen and oxygen atoms in total. The lowest BCUT2D eigenvalue weighted by atomic mass is 10.5. The minimum absolute atomic E-state index is 0.477. The highest BCUT2D eigenvalue weighted by Gasteiger charge is 2.43. The molecule has 1 aromatic rings. The fourth-order valence-electron chi connectivity index (χ4n) is 1.17. The molecule has 0 bridgehead atoms. The molecule has 92 valence electrons. The molecule has 0 aromatic carbocycles. The number of aryl methyl sites for hydroxylation is 1. The molecule has 0 atom stereocenters. The lowest BCUT2D eigenvalue weighted by Gasteiger charge is -2.19. The Morgan fingerprint density at radius 3 is 2.12 bits per heavy atom. The van der Waals surface area contributed by atoms with Gasteiger partial charge in [-0.25, -0.2) is 4.98 Å². The summed E-state index contributed by atoms with van der Waals surface area (Å²) in [5, 5.41) is -2.03. The molecular weight excluding hydrogens is 258 g/mol. The van der Waals surface area contributed by atoms with Crippen LogP contribution >= 0.6 is 15.2 Å². The Balaban J connectivity index is 2.97. The molecule has 0 radical (unpaired) electrons. The van der Waals surface area contributed by atoms with Gasteiger partial charge in [-0.1, -0.05) is 0 Å². The Kier molecular flexibility index (Phi) is 3.74. The fraction of sp³-hybridized carbons (Fsp3) is 0.500. The van der Waals surface area contributed by atoms with E-state index in [4.69, 9.17) is 19.6 Å². The van der Waals surface area contributed by atoms with Crippen LogP contribution in [0.1, 0.15) is 5.69 Å². The van der Waals surface area contributed by atoms with Crippen molar-refractivity contribution in [3.8, 4) is 0 Å². The van der Waals surface area contributed by atoms with E-state index in [9.17, 15) is 9.13 Å². The average molecular weight is 270 g/mol. The summed E-state index contributed by atoms with van der Waals surface area (Å²) in [5.41, 5.74) is 0.593. The van der Waals surface area contributed by atoms with E-state index in [1.165, 1.54) is 17.1 Å². The normalized spacial score (nSPS) is 13.4. The highest BCUT2D eigenvalue weighted by atomic mass is 31.2. The van der Waals surface area contributed by atoms with E-state index < -0.39 is 27.1 Å². The summed E-state index contributed by atoms with van der Waals surface area (Å²) >= 11 is 0. The summed E-state index contributed by atoms with van der Waals surface area (Å²) in [6.45, 7) is 1.18.